The third-order valence-electron chi connectivity index (χ3n) is 3.52. The number of carbonyl (C=O) groups is 1. The number of benzene rings is 1. The Labute approximate surface area is 137 Å². The number of halogens is 1. The lowest BCUT2D eigenvalue weighted by molar-refractivity contribution is 0.0695. The molecule has 1 aromatic carbocycles. The van der Waals surface area contributed by atoms with E-state index < -0.39 is 16.0 Å². The zero-order valence-corrected chi connectivity index (χ0v) is 14.3. The van der Waals surface area contributed by atoms with E-state index in [-0.39, 0.29) is 22.6 Å². The zero-order chi connectivity index (χ0) is 15.6. The molecule has 1 aliphatic rings. The lowest BCUT2D eigenvalue weighted by Gasteiger charge is -2.14. The summed E-state index contributed by atoms with van der Waals surface area (Å²) in [6.07, 6.45) is 2.24. The molecular formula is C13H16INO5S. The van der Waals surface area contributed by atoms with Crippen LogP contribution in [0.3, 0.4) is 0 Å². The number of hydrogen-bond donors (Lipinski definition) is 2. The Hall–Kier alpha value is -0.710. The van der Waals surface area contributed by atoms with Crippen LogP contribution in [0.4, 0.5) is 0 Å². The van der Waals surface area contributed by atoms with Crippen LogP contribution in [0.5, 0.6) is 0 Å². The Morgan fingerprint density at radius 1 is 1.43 bits per heavy atom. The molecule has 1 aromatic rings. The monoisotopic (exact) mass is 425 g/mol. The Morgan fingerprint density at radius 2 is 2.14 bits per heavy atom. The van der Waals surface area contributed by atoms with E-state index in [1.165, 1.54) is 18.2 Å². The van der Waals surface area contributed by atoms with Gasteiger partial charge in [0.05, 0.1) is 16.6 Å². The third kappa shape index (κ3) is 3.93. The summed E-state index contributed by atoms with van der Waals surface area (Å²) < 4.78 is 33.0. The number of hydrogen-bond acceptors (Lipinski definition) is 4. The summed E-state index contributed by atoms with van der Waals surface area (Å²) in [4.78, 5) is 11.1. The van der Waals surface area contributed by atoms with Gasteiger partial charge in [0.15, 0.2) is 0 Å². The highest BCUT2D eigenvalue weighted by molar-refractivity contribution is 14.1. The van der Waals surface area contributed by atoms with Crippen LogP contribution in [-0.2, 0) is 14.8 Å². The van der Waals surface area contributed by atoms with E-state index in [1.807, 2.05) is 22.6 Å². The molecule has 2 N–H and O–H groups in total. The molecule has 1 saturated carbocycles. The molecule has 6 nitrogen and oxygen atoms in total. The normalized spacial score (nSPS) is 22.4. The van der Waals surface area contributed by atoms with Crippen molar-refractivity contribution in [2.24, 2.45) is 0 Å². The van der Waals surface area contributed by atoms with Crippen molar-refractivity contribution in [1.82, 2.24) is 4.72 Å². The fraction of sp³-hybridized carbons (Fsp3) is 0.462. The first-order valence-corrected chi connectivity index (χ1v) is 8.97. The SMILES string of the molecule is COC1CCC(NS(=O)(=O)c2ccc(I)c(C(=O)O)c2)C1. The van der Waals surface area contributed by atoms with Gasteiger partial charge in [-0.1, -0.05) is 0 Å². The van der Waals surface area contributed by atoms with E-state index in [4.69, 9.17) is 9.84 Å². The molecule has 0 radical (unpaired) electrons. The van der Waals surface area contributed by atoms with Gasteiger partial charge in [0, 0.05) is 16.7 Å². The maximum Gasteiger partial charge on any atom is 0.336 e. The molecule has 2 unspecified atom stereocenters. The minimum atomic E-state index is -3.72. The van der Waals surface area contributed by atoms with E-state index in [0.717, 1.165) is 6.42 Å². The summed E-state index contributed by atoms with van der Waals surface area (Å²) in [7, 11) is -2.11. The Balaban J connectivity index is 2.20. The van der Waals surface area contributed by atoms with Crippen LogP contribution in [0.1, 0.15) is 29.6 Å². The molecule has 116 valence electrons. The maximum atomic E-state index is 12.3. The summed E-state index contributed by atoms with van der Waals surface area (Å²) in [6.45, 7) is 0. The Morgan fingerprint density at radius 3 is 2.71 bits per heavy atom. The minimum Gasteiger partial charge on any atom is -0.478 e. The van der Waals surface area contributed by atoms with Gasteiger partial charge in [-0.25, -0.2) is 17.9 Å². The lowest BCUT2D eigenvalue weighted by atomic mass is 10.2. The first kappa shape index (κ1) is 16.7. The van der Waals surface area contributed by atoms with Crippen molar-refractivity contribution in [3.05, 3.63) is 27.3 Å². The average Bonchev–Trinajstić information content (AvgIpc) is 2.85. The highest BCUT2D eigenvalue weighted by Crippen LogP contribution is 2.24. The van der Waals surface area contributed by atoms with Crippen molar-refractivity contribution in [3.63, 3.8) is 0 Å². The topological polar surface area (TPSA) is 92.7 Å². The number of carboxylic acid groups (broad SMARTS) is 1. The van der Waals surface area contributed by atoms with Crippen LogP contribution in [0.15, 0.2) is 23.1 Å². The highest BCUT2D eigenvalue weighted by atomic mass is 127. The van der Waals surface area contributed by atoms with E-state index in [2.05, 4.69) is 4.72 Å². The predicted molar refractivity (Wildman–Crippen MR) is 84.9 cm³/mol. The fourth-order valence-electron chi connectivity index (χ4n) is 2.38. The molecule has 0 saturated heterocycles. The van der Waals surface area contributed by atoms with E-state index in [0.29, 0.717) is 16.4 Å². The number of methoxy groups -OCH3 is 1. The molecule has 8 heteroatoms. The van der Waals surface area contributed by atoms with Crippen molar-refractivity contribution < 1.29 is 23.1 Å². The summed E-state index contributed by atoms with van der Waals surface area (Å²) in [5, 5.41) is 9.07. The van der Waals surface area contributed by atoms with Gasteiger partial charge in [0.1, 0.15) is 0 Å². The van der Waals surface area contributed by atoms with E-state index in [1.54, 1.807) is 7.11 Å². The van der Waals surface area contributed by atoms with Crippen molar-refractivity contribution in [2.75, 3.05) is 7.11 Å². The standard InChI is InChI=1S/C13H16INO5S/c1-20-9-3-2-8(6-9)15-21(18,19)10-4-5-12(14)11(7-10)13(16)17/h4-5,7-9,15H,2-3,6H2,1H3,(H,16,17). The molecule has 1 fully saturated rings. The molecule has 21 heavy (non-hydrogen) atoms. The summed E-state index contributed by atoms with van der Waals surface area (Å²) >= 11 is 1.87. The largest absolute Gasteiger partial charge is 0.478 e. The van der Waals surface area contributed by atoms with Crippen molar-refractivity contribution in [2.45, 2.75) is 36.3 Å². The van der Waals surface area contributed by atoms with Crippen LogP contribution < -0.4 is 4.72 Å². The summed E-state index contributed by atoms with van der Waals surface area (Å²) in [6, 6.07) is 3.92. The minimum absolute atomic E-state index is 0.0142. The van der Waals surface area contributed by atoms with Crippen LogP contribution >= 0.6 is 22.6 Å². The Bertz CT molecular complexity index is 646. The van der Waals surface area contributed by atoms with Crippen molar-refractivity contribution >= 4 is 38.6 Å². The number of ether oxygens (including phenoxy) is 1. The average molecular weight is 425 g/mol. The quantitative estimate of drug-likeness (QED) is 0.703. The van der Waals surface area contributed by atoms with Crippen LogP contribution in [0.25, 0.3) is 0 Å². The van der Waals surface area contributed by atoms with Crippen LogP contribution in [0.2, 0.25) is 0 Å². The summed E-state index contributed by atoms with van der Waals surface area (Å²) in [5.41, 5.74) is -0.0142. The number of aromatic carboxylic acids is 1. The molecule has 0 amide bonds. The second-order valence-electron chi connectivity index (χ2n) is 4.94. The third-order valence-corrected chi connectivity index (χ3v) is 5.98. The predicted octanol–water partition coefficient (Wildman–Crippen LogP) is 1.84. The van der Waals surface area contributed by atoms with Crippen molar-refractivity contribution in [1.29, 1.82) is 0 Å². The van der Waals surface area contributed by atoms with Gasteiger partial charge in [0.2, 0.25) is 10.0 Å². The molecule has 1 aliphatic carbocycles. The first-order valence-electron chi connectivity index (χ1n) is 6.41. The number of nitrogens with one attached hydrogen (secondary N) is 1. The molecular weight excluding hydrogens is 409 g/mol. The van der Waals surface area contributed by atoms with Crippen LogP contribution in [0, 0.1) is 3.57 Å². The second-order valence-corrected chi connectivity index (χ2v) is 7.81. The molecule has 2 rings (SSSR count). The summed E-state index contributed by atoms with van der Waals surface area (Å²) in [5.74, 6) is -1.14. The van der Waals surface area contributed by atoms with Gasteiger partial charge >= 0.3 is 5.97 Å². The van der Waals surface area contributed by atoms with Gasteiger partial charge in [-0.15, -0.1) is 0 Å². The van der Waals surface area contributed by atoms with Gasteiger partial charge in [-0.2, -0.15) is 0 Å². The number of sulfonamides is 1. The fourth-order valence-corrected chi connectivity index (χ4v) is 4.26. The Kier molecular flexibility index (Phi) is 5.23. The van der Waals surface area contributed by atoms with Gasteiger partial charge in [-0.3, -0.25) is 0 Å². The molecule has 0 bridgehead atoms. The smallest absolute Gasteiger partial charge is 0.336 e. The molecule has 0 aromatic heterocycles. The van der Waals surface area contributed by atoms with Gasteiger partial charge < -0.3 is 9.84 Å². The second kappa shape index (κ2) is 6.59. The lowest BCUT2D eigenvalue weighted by Crippen LogP contribution is -2.33. The number of carboxylic acids is 1. The number of rotatable bonds is 5. The molecule has 2 atom stereocenters. The van der Waals surface area contributed by atoms with Crippen LogP contribution in [-0.4, -0.2) is 38.7 Å². The highest BCUT2D eigenvalue weighted by Gasteiger charge is 2.29. The molecule has 0 heterocycles. The van der Waals surface area contributed by atoms with Crippen molar-refractivity contribution in [3.8, 4) is 0 Å². The van der Waals surface area contributed by atoms with Gasteiger partial charge in [0.25, 0.3) is 0 Å². The first-order chi connectivity index (χ1) is 9.83. The zero-order valence-electron chi connectivity index (χ0n) is 11.4. The molecule has 0 spiro atoms. The maximum absolute atomic E-state index is 12.3. The van der Waals surface area contributed by atoms with Gasteiger partial charge in [-0.05, 0) is 60.1 Å². The van der Waals surface area contributed by atoms with E-state index in [9.17, 15) is 13.2 Å². The van der Waals surface area contributed by atoms with E-state index >= 15 is 0 Å². The molecule has 0 aliphatic heterocycles.